The van der Waals surface area contributed by atoms with Crippen LogP contribution in [0, 0.1) is 0 Å². The van der Waals surface area contributed by atoms with Gasteiger partial charge in [-0.25, -0.2) is 9.97 Å². The first-order valence-corrected chi connectivity index (χ1v) is 7.72. The Bertz CT molecular complexity index is 663. The molecule has 1 aliphatic heterocycles. The Morgan fingerprint density at radius 3 is 2.91 bits per heavy atom. The van der Waals surface area contributed by atoms with Gasteiger partial charge in [-0.2, -0.15) is 0 Å². The summed E-state index contributed by atoms with van der Waals surface area (Å²) < 4.78 is 0. The number of nitrogens with zero attached hydrogens (tertiary/aromatic N) is 4. The number of piperidine rings is 1. The van der Waals surface area contributed by atoms with Crippen molar-refractivity contribution in [1.82, 2.24) is 19.9 Å². The first-order valence-electron chi connectivity index (χ1n) is 7.72. The van der Waals surface area contributed by atoms with E-state index in [0.29, 0.717) is 6.54 Å². The second kappa shape index (κ2) is 7.15. The number of carbonyl (C=O) groups is 1. The molecule has 2 aromatic rings. The molecule has 2 aromatic heterocycles. The molecule has 1 aliphatic rings. The highest BCUT2D eigenvalue weighted by Crippen LogP contribution is 2.30. The average molecular weight is 312 g/mol. The Balaban J connectivity index is 1.78. The lowest BCUT2D eigenvalue weighted by atomic mass is 9.94. The highest BCUT2D eigenvalue weighted by molar-refractivity contribution is 5.75. The van der Waals surface area contributed by atoms with Crippen LogP contribution in [0.1, 0.15) is 24.5 Å². The number of amides is 1. The summed E-state index contributed by atoms with van der Waals surface area (Å²) in [6, 6.07) is 5.67. The van der Waals surface area contributed by atoms with Gasteiger partial charge in [0.2, 0.25) is 5.91 Å². The zero-order valence-electron chi connectivity index (χ0n) is 12.9. The zero-order chi connectivity index (χ0) is 16.1. The van der Waals surface area contributed by atoms with Crippen LogP contribution in [0.25, 0.3) is 0 Å². The van der Waals surface area contributed by atoms with E-state index in [2.05, 4.69) is 25.2 Å². The van der Waals surface area contributed by atoms with Crippen LogP contribution >= 0.6 is 0 Å². The number of rotatable bonds is 5. The lowest BCUT2D eigenvalue weighted by Gasteiger charge is -2.32. The molecule has 3 N–H and O–H groups in total. The van der Waals surface area contributed by atoms with E-state index in [1.807, 2.05) is 18.2 Å². The van der Waals surface area contributed by atoms with Crippen molar-refractivity contribution in [3.05, 3.63) is 42.5 Å². The average Bonchev–Trinajstić information content (AvgIpc) is 2.56. The van der Waals surface area contributed by atoms with Gasteiger partial charge in [-0.1, -0.05) is 6.07 Å². The second-order valence-electron chi connectivity index (χ2n) is 5.67. The Labute approximate surface area is 135 Å². The molecule has 23 heavy (non-hydrogen) atoms. The molecule has 0 aromatic carbocycles. The van der Waals surface area contributed by atoms with Crippen molar-refractivity contribution in [2.45, 2.75) is 18.8 Å². The maximum atomic E-state index is 11.2. The summed E-state index contributed by atoms with van der Waals surface area (Å²) in [7, 11) is 0. The largest absolute Gasteiger partial charge is 0.369 e. The van der Waals surface area contributed by atoms with Gasteiger partial charge in [-0.05, 0) is 31.5 Å². The topological polar surface area (TPSA) is 97.0 Å². The molecule has 1 saturated heterocycles. The molecule has 7 heteroatoms. The van der Waals surface area contributed by atoms with Crippen molar-refractivity contribution in [2.24, 2.45) is 5.73 Å². The Hall–Kier alpha value is -2.54. The molecule has 120 valence electrons. The molecule has 0 radical (unpaired) electrons. The minimum atomic E-state index is -0.295. The van der Waals surface area contributed by atoms with Gasteiger partial charge < -0.3 is 11.1 Å². The van der Waals surface area contributed by atoms with Crippen LogP contribution in [0.3, 0.4) is 0 Å². The maximum Gasteiger partial charge on any atom is 0.231 e. The second-order valence-corrected chi connectivity index (χ2v) is 5.67. The van der Waals surface area contributed by atoms with E-state index in [1.54, 1.807) is 18.6 Å². The minimum absolute atomic E-state index is 0.225. The molecule has 3 rings (SSSR count). The van der Waals surface area contributed by atoms with Gasteiger partial charge in [0.05, 0.1) is 12.2 Å². The van der Waals surface area contributed by atoms with Gasteiger partial charge >= 0.3 is 0 Å². The number of hydrogen-bond acceptors (Lipinski definition) is 6. The first-order chi connectivity index (χ1) is 11.2. The normalized spacial score (nSPS) is 18.5. The lowest BCUT2D eigenvalue weighted by molar-refractivity contribution is -0.119. The van der Waals surface area contributed by atoms with Crippen molar-refractivity contribution in [2.75, 3.05) is 25.0 Å². The molecular formula is C16H20N6O. The molecule has 0 spiro atoms. The summed E-state index contributed by atoms with van der Waals surface area (Å²) in [6.45, 7) is 1.95. The fraction of sp³-hybridized carbons (Fsp3) is 0.375. The number of nitrogens with one attached hydrogen (secondary N) is 1. The minimum Gasteiger partial charge on any atom is -0.369 e. The number of likely N-dealkylation sites (tertiary alicyclic amines) is 1. The number of primary amides is 1. The fourth-order valence-electron chi connectivity index (χ4n) is 2.94. The van der Waals surface area contributed by atoms with Crippen LogP contribution in [0.15, 0.2) is 36.8 Å². The Morgan fingerprint density at radius 2 is 2.13 bits per heavy atom. The van der Waals surface area contributed by atoms with Crippen molar-refractivity contribution in [3.8, 4) is 0 Å². The molecule has 0 aliphatic carbocycles. The van der Waals surface area contributed by atoms with Crippen LogP contribution in [-0.4, -0.2) is 45.4 Å². The SMILES string of the molecule is NC(=O)CN1CCCC(c2nccnc2Nc2ccccn2)C1. The molecule has 3 heterocycles. The quantitative estimate of drug-likeness (QED) is 0.863. The third-order valence-electron chi connectivity index (χ3n) is 3.91. The van der Waals surface area contributed by atoms with Crippen LogP contribution in [0.4, 0.5) is 11.6 Å². The van der Waals surface area contributed by atoms with E-state index in [-0.39, 0.29) is 11.8 Å². The van der Waals surface area contributed by atoms with Gasteiger partial charge in [0.1, 0.15) is 5.82 Å². The van der Waals surface area contributed by atoms with Gasteiger partial charge in [-0.3, -0.25) is 14.7 Å². The molecule has 1 fully saturated rings. The first kappa shape index (κ1) is 15.4. The predicted octanol–water partition coefficient (Wildman–Crippen LogP) is 1.28. The fourth-order valence-corrected chi connectivity index (χ4v) is 2.94. The Kier molecular flexibility index (Phi) is 4.77. The van der Waals surface area contributed by atoms with Crippen LogP contribution in [0.2, 0.25) is 0 Å². The smallest absolute Gasteiger partial charge is 0.231 e. The summed E-state index contributed by atoms with van der Waals surface area (Å²) in [5.41, 5.74) is 6.22. The molecule has 7 nitrogen and oxygen atoms in total. The van der Waals surface area contributed by atoms with Crippen molar-refractivity contribution in [3.63, 3.8) is 0 Å². The summed E-state index contributed by atoms with van der Waals surface area (Å²) >= 11 is 0. The summed E-state index contributed by atoms with van der Waals surface area (Å²) in [5, 5.41) is 3.23. The van der Waals surface area contributed by atoms with E-state index in [1.165, 1.54) is 0 Å². The highest BCUT2D eigenvalue weighted by atomic mass is 16.1. The zero-order valence-corrected chi connectivity index (χ0v) is 12.9. The molecule has 1 amide bonds. The number of hydrogen-bond donors (Lipinski definition) is 2. The van der Waals surface area contributed by atoms with Crippen LogP contribution in [0.5, 0.6) is 0 Å². The van der Waals surface area contributed by atoms with Gasteiger partial charge in [0.25, 0.3) is 0 Å². The third kappa shape index (κ3) is 4.01. The molecular weight excluding hydrogens is 292 g/mol. The van der Waals surface area contributed by atoms with Crippen LogP contribution in [-0.2, 0) is 4.79 Å². The van der Waals surface area contributed by atoms with E-state index in [0.717, 1.165) is 43.3 Å². The van der Waals surface area contributed by atoms with Crippen molar-refractivity contribution in [1.29, 1.82) is 0 Å². The predicted molar refractivity (Wildman–Crippen MR) is 87.2 cm³/mol. The number of pyridine rings is 1. The van der Waals surface area contributed by atoms with Gasteiger partial charge in [0.15, 0.2) is 5.82 Å². The van der Waals surface area contributed by atoms with Gasteiger partial charge in [0, 0.05) is 31.1 Å². The lowest BCUT2D eigenvalue weighted by Crippen LogP contribution is -2.40. The number of carbonyl (C=O) groups excluding carboxylic acids is 1. The number of anilines is 2. The van der Waals surface area contributed by atoms with E-state index >= 15 is 0 Å². The van der Waals surface area contributed by atoms with Crippen molar-refractivity contribution < 1.29 is 4.79 Å². The maximum absolute atomic E-state index is 11.2. The summed E-state index contributed by atoms with van der Waals surface area (Å²) in [4.78, 5) is 26.4. The highest BCUT2D eigenvalue weighted by Gasteiger charge is 2.25. The van der Waals surface area contributed by atoms with Crippen molar-refractivity contribution >= 4 is 17.5 Å². The standard InChI is InChI=1S/C16H20N6O/c17-13(23)11-22-9-3-4-12(10-22)15-16(20-8-7-19-15)21-14-5-1-2-6-18-14/h1-2,5-8,12H,3-4,9-11H2,(H2,17,23)(H,18,20,21). The summed E-state index contributed by atoms with van der Waals surface area (Å²) in [6.07, 6.45) is 7.13. The monoisotopic (exact) mass is 312 g/mol. The third-order valence-corrected chi connectivity index (χ3v) is 3.91. The molecule has 1 unspecified atom stereocenters. The number of nitrogens with two attached hydrogens (primary N) is 1. The summed E-state index contributed by atoms with van der Waals surface area (Å²) in [5.74, 6) is 1.39. The van der Waals surface area contributed by atoms with E-state index < -0.39 is 0 Å². The van der Waals surface area contributed by atoms with E-state index in [4.69, 9.17) is 5.73 Å². The van der Waals surface area contributed by atoms with Gasteiger partial charge in [-0.15, -0.1) is 0 Å². The van der Waals surface area contributed by atoms with Crippen LogP contribution < -0.4 is 11.1 Å². The molecule has 0 saturated carbocycles. The number of aromatic nitrogens is 3. The Morgan fingerprint density at radius 1 is 1.26 bits per heavy atom. The molecule has 1 atom stereocenters. The molecule has 0 bridgehead atoms. The van der Waals surface area contributed by atoms with E-state index in [9.17, 15) is 4.79 Å².